The van der Waals surface area contributed by atoms with Gasteiger partial charge in [0.1, 0.15) is 18.1 Å². The van der Waals surface area contributed by atoms with Crippen molar-refractivity contribution in [2.24, 2.45) is 17.3 Å². The second-order valence-corrected chi connectivity index (χ2v) is 7.65. The summed E-state index contributed by atoms with van der Waals surface area (Å²) in [6.45, 7) is 5.58. The summed E-state index contributed by atoms with van der Waals surface area (Å²) in [7, 11) is 0. The fourth-order valence-electron chi connectivity index (χ4n) is 3.35. The molecule has 2 atom stereocenters. The van der Waals surface area contributed by atoms with Crippen molar-refractivity contribution in [2.75, 3.05) is 0 Å². The second-order valence-electron chi connectivity index (χ2n) is 7.65. The summed E-state index contributed by atoms with van der Waals surface area (Å²) in [5, 5.41) is 9.04. The van der Waals surface area contributed by atoms with Gasteiger partial charge in [0.05, 0.1) is 5.92 Å². The van der Waals surface area contributed by atoms with Gasteiger partial charge in [-0.25, -0.2) is 4.79 Å². The molecule has 146 valence electrons. The summed E-state index contributed by atoms with van der Waals surface area (Å²) < 4.78 is 11.3. The molecule has 0 heterocycles. The summed E-state index contributed by atoms with van der Waals surface area (Å²) in [6.07, 6.45) is 1.66. The van der Waals surface area contributed by atoms with Gasteiger partial charge in [-0.15, -0.1) is 0 Å². The highest BCUT2D eigenvalue weighted by Crippen LogP contribution is 2.59. The number of aliphatic carboxylic acids is 1. The molecule has 1 aliphatic rings. The highest BCUT2D eigenvalue weighted by atomic mass is 16.5. The normalized spacial score (nSPS) is 20.3. The van der Waals surface area contributed by atoms with Gasteiger partial charge in [-0.05, 0) is 48.1 Å². The lowest BCUT2D eigenvalue weighted by atomic mass is 10.1. The Morgan fingerprint density at radius 1 is 1.07 bits per heavy atom. The molecule has 5 heteroatoms. The van der Waals surface area contributed by atoms with E-state index in [1.165, 1.54) is 6.92 Å². The summed E-state index contributed by atoms with van der Waals surface area (Å²) in [5.41, 5.74) is 0.777. The molecule has 28 heavy (non-hydrogen) atoms. The van der Waals surface area contributed by atoms with E-state index in [9.17, 15) is 9.59 Å². The minimum atomic E-state index is -0.968. The van der Waals surface area contributed by atoms with E-state index in [-0.39, 0.29) is 35.4 Å². The predicted octanol–water partition coefficient (Wildman–Crippen LogP) is 4.83. The first-order valence-electron chi connectivity index (χ1n) is 9.19. The van der Waals surface area contributed by atoms with Crippen LogP contribution in [0, 0.1) is 17.3 Å². The number of ether oxygens (including phenoxy) is 2. The van der Waals surface area contributed by atoms with Gasteiger partial charge in [0.25, 0.3) is 0 Å². The zero-order chi connectivity index (χ0) is 20.3. The van der Waals surface area contributed by atoms with Crippen molar-refractivity contribution in [3.05, 3.63) is 71.8 Å². The highest BCUT2D eigenvalue weighted by Gasteiger charge is 2.61. The number of carboxylic acids is 1. The molecule has 2 aromatic carbocycles. The van der Waals surface area contributed by atoms with Gasteiger partial charge in [-0.1, -0.05) is 50.3 Å². The molecule has 1 aliphatic carbocycles. The summed E-state index contributed by atoms with van der Waals surface area (Å²) in [5.74, 6) is -0.317. The van der Waals surface area contributed by atoms with Crippen molar-refractivity contribution in [1.82, 2.24) is 0 Å². The number of para-hydroxylation sites is 1. The first-order chi connectivity index (χ1) is 13.3. The van der Waals surface area contributed by atoms with Crippen LogP contribution in [0.1, 0.15) is 26.3 Å². The SMILES string of the molecule is C/C(=C\[C@H]1[C@@H](C(=O)OCc2cccc(Oc3ccccc3)c2)C1(C)C)C(=O)O. The Hall–Kier alpha value is -3.08. The number of esters is 1. The number of hydrogen-bond acceptors (Lipinski definition) is 4. The van der Waals surface area contributed by atoms with Gasteiger partial charge >= 0.3 is 11.9 Å². The van der Waals surface area contributed by atoms with Gasteiger partial charge in [0.2, 0.25) is 0 Å². The molecule has 0 aromatic heterocycles. The average Bonchev–Trinajstić information content (AvgIpc) is 3.21. The largest absolute Gasteiger partial charge is 0.478 e. The first kappa shape index (κ1) is 19.7. The average molecular weight is 380 g/mol. The Bertz CT molecular complexity index is 898. The molecule has 1 fully saturated rings. The standard InChI is InChI=1S/C23H24O5/c1-15(21(24)25)12-19-20(23(19,2)3)22(26)27-14-16-8-7-11-18(13-16)28-17-9-5-4-6-10-17/h4-13,19-20H,14H2,1-3H3,(H,24,25)/b15-12+/t19-,20-/m0/s1. The van der Waals surface area contributed by atoms with Gasteiger partial charge < -0.3 is 14.6 Å². The lowest BCUT2D eigenvalue weighted by Gasteiger charge is -2.09. The lowest BCUT2D eigenvalue weighted by Crippen LogP contribution is -2.10. The fourth-order valence-corrected chi connectivity index (χ4v) is 3.35. The topological polar surface area (TPSA) is 72.8 Å². The molecule has 0 spiro atoms. The monoisotopic (exact) mass is 380 g/mol. The van der Waals surface area contributed by atoms with Crippen LogP contribution in [-0.4, -0.2) is 17.0 Å². The molecule has 0 radical (unpaired) electrons. The van der Waals surface area contributed by atoms with Gasteiger partial charge in [-0.2, -0.15) is 0 Å². The molecule has 1 saturated carbocycles. The maximum atomic E-state index is 12.5. The maximum Gasteiger partial charge on any atom is 0.330 e. The third-order valence-electron chi connectivity index (χ3n) is 5.19. The molecule has 5 nitrogen and oxygen atoms in total. The van der Waals surface area contributed by atoms with Crippen molar-refractivity contribution in [2.45, 2.75) is 27.4 Å². The van der Waals surface area contributed by atoms with Gasteiger partial charge in [-0.3, -0.25) is 4.79 Å². The zero-order valence-corrected chi connectivity index (χ0v) is 16.2. The number of benzene rings is 2. The van der Waals surface area contributed by atoms with E-state index in [1.54, 1.807) is 6.08 Å². The number of allylic oxidation sites excluding steroid dienone is 1. The van der Waals surface area contributed by atoms with E-state index in [0.29, 0.717) is 5.75 Å². The van der Waals surface area contributed by atoms with Crippen LogP contribution in [0.15, 0.2) is 66.2 Å². The fraction of sp³-hybridized carbons (Fsp3) is 0.304. The molecule has 2 aromatic rings. The third-order valence-corrected chi connectivity index (χ3v) is 5.19. The Morgan fingerprint density at radius 2 is 1.75 bits per heavy atom. The smallest absolute Gasteiger partial charge is 0.330 e. The molecular weight excluding hydrogens is 356 g/mol. The van der Waals surface area contributed by atoms with E-state index in [4.69, 9.17) is 14.6 Å². The second kappa shape index (κ2) is 7.89. The first-order valence-corrected chi connectivity index (χ1v) is 9.19. The molecule has 0 saturated heterocycles. The summed E-state index contributed by atoms with van der Waals surface area (Å²) in [6, 6.07) is 16.9. The van der Waals surface area contributed by atoms with Crippen LogP contribution < -0.4 is 4.74 Å². The molecule has 3 rings (SSSR count). The summed E-state index contributed by atoms with van der Waals surface area (Å²) >= 11 is 0. The van der Waals surface area contributed by atoms with E-state index < -0.39 is 5.97 Å². The Kier molecular flexibility index (Phi) is 5.54. The molecule has 1 N–H and O–H groups in total. The zero-order valence-electron chi connectivity index (χ0n) is 16.2. The van der Waals surface area contributed by atoms with Crippen LogP contribution in [0.3, 0.4) is 0 Å². The van der Waals surface area contributed by atoms with E-state index in [1.807, 2.05) is 68.4 Å². The number of carbonyl (C=O) groups is 2. The molecule has 0 unspecified atom stereocenters. The Labute approximate surface area is 164 Å². The van der Waals surface area contributed by atoms with Crippen molar-refractivity contribution in [3.63, 3.8) is 0 Å². The number of carbonyl (C=O) groups excluding carboxylic acids is 1. The predicted molar refractivity (Wildman–Crippen MR) is 105 cm³/mol. The molecule has 0 bridgehead atoms. The Balaban J connectivity index is 1.60. The van der Waals surface area contributed by atoms with Crippen LogP contribution >= 0.6 is 0 Å². The number of carboxylic acid groups (broad SMARTS) is 1. The quantitative estimate of drug-likeness (QED) is 0.550. The Morgan fingerprint density at radius 3 is 2.43 bits per heavy atom. The maximum absolute atomic E-state index is 12.5. The van der Waals surface area contributed by atoms with Crippen molar-refractivity contribution < 1.29 is 24.2 Å². The molecular formula is C23H24O5. The molecule has 0 aliphatic heterocycles. The van der Waals surface area contributed by atoms with E-state index in [0.717, 1.165) is 11.3 Å². The number of hydrogen-bond donors (Lipinski definition) is 1. The van der Waals surface area contributed by atoms with Crippen LogP contribution in [-0.2, 0) is 20.9 Å². The molecule has 0 amide bonds. The van der Waals surface area contributed by atoms with Crippen molar-refractivity contribution in [1.29, 1.82) is 0 Å². The van der Waals surface area contributed by atoms with Crippen molar-refractivity contribution in [3.8, 4) is 11.5 Å². The van der Waals surface area contributed by atoms with Crippen molar-refractivity contribution >= 4 is 11.9 Å². The van der Waals surface area contributed by atoms with Crippen LogP contribution in [0.2, 0.25) is 0 Å². The number of rotatable bonds is 7. The van der Waals surface area contributed by atoms with Gasteiger partial charge in [0, 0.05) is 5.57 Å². The van der Waals surface area contributed by atoms with Gasteiger partial charge in [0.15, 0.2) is 0 Å². The van der Waals surface area contributed by atoms with Crippen LogP contribution in [0.25, 0.3) is 0 Å². The minimum Gasteiger partial charge on any atom is -0.478 e. The summed E-state index contributed by atoms with van der Waals surface area (Å²) in [4.78, 5) is 23.5. The lowest BCUT2D eigenvalue weighted by molar-refractivity contribution is -0.147. The van der Waals surface area contributed by atoms with Crippen LogP contribution in [0.5, 0.6) is 11.5 Å². The van der Waals surface area contributed by atoms with Crippen LogP contribution in [0.4, 0.5) is 0 Å². The van der Waals surface area contributed by atoms with E-state index >= 15 is 0 Å². The highest BCUT2D eigenvalue weighted by molar-refractivity contribution is 5.86. The van der Waals surface area contributed by atoms with E-state index in [2.05, 4.69) is 0 Å². The minimum absolute atomic E-state index is 0.121. The third kappa shape index (κ3) is 4.42.